The van der Waals surface area contributed by atoms with Crippen molar-refractivity contribution >= 4 is 17.3 Å². The smallest absolute Gasteiger partial charge is 0.305 e. The summed E-state index contributed by atoms with van der Waals surface area (Å²) in [4.78, 5) is 13.3. The van der Waals surface area contributed by atoms with Crippen LogP contribution in [0.1, 0.15) is 57.1 Å². The summed E-state index contributed by atoms with van der Waals surface area (Å²) in [7, 11) is 0. The molecule has 23 heavy (non-hydrogen) atoms. The molecule has 0 unspecified atom stereocenters. The lowest BCUT2D eigenvalue weighted by Gasteiger charge is -2.46. The van der Waals surface area contributed by atoms with E-state index in [1.807, 2.05) is 0 Å². The maximum atomic E-state index is 11.0. The number of hydrogen-bond donors (Lipinski definition) is 2. The molecule has 0 spiro atoms. The zero-order valence-electron chi connectivity index (χ0n) is 14.3. The van der Waals surface area contributed by atoms with Gasteiger partial charge in [0.15, 0.2) is 0 Å². The molecule has 0 atom stereocenters. The highest BCUT2D eigenvalue weighted by atomic mass is 16.4. The highest BCUT2D eigenvalue weighted by molar-refractivity contribution is 5.77. The molecule has 3 rings (SSSR count). The van der Waals surface area contributed by atoms with Gasteiger partial charge in [0.25, 0.3) is 0 Å². The van der Waals surface area contributed by atoms with E-state index in [0.29, 0.717) is 6.54 Å². The number of carbonyl (C=O) groups is 1. The monoisotopic (exact) mass is 316 g/mol. The summed E-state index contributed by atoms with van der Waals surface area (Å²) in [6.07, 6.45) is 7.16. The third-order valence-electron chi connectivity index (χ3n) is 5.64. The third-order valence-corrected chi connectivity index (χ3v) is 5.64. The molecule has 1 heterocycles. The molecule has 126 valence electrons. The number of anilines is 2. The van der Waals surface area contributed by atoms with Crippen molar-refractivity contribution in [2.45, 2.75) is 64.3 Å². The largest absolute Gasteiger partial charge is 0.481 e. The first kappa shape index (κ1) is 16.2. The van der Waals surface area contributed by atoms with Gasteiger partial charge in [0.1, 0.15) is 0 Å². The predicted octanol–water partition coefficient (Wildman–Crippen LogP) is 3.83. The van der Waals surface area contributed by atoms with E-state index in [1.165, 1.54) is 41.8 Å². The van der Waals surface area contributed by atoms with Crippen LogP contribution in [0.15, 0.2) is 12.1 Å². The van der Waals surface area contributed by atoms with Gasteiger partial charge in [-0.05, 0) is 61.8 Å². The van der Waals surface area contributed by atoms with Crippen molar-refractivity contribution in [2.24, 2.45) is 0 Å². The molecule has 0 saturated carbocycles. The van der Waals surface area contributed by atoms with Crippen LogP contribution in [0, 0.1) is 0 Å². The van der Waals surface area contributed by atoms with Crippen LogP contribution in [0.4, 0.5) is 11.4 Å². The number of aryl methyl sites for hydroxylation is 2. The van der Waals surface area contributed by atoms with Gasteiger partial charge >= 0.3 is 5.97 Å². The Morgan fingerprint density at radius 2 is 1.87 bits per heavy atom. The van der Waals surface area contributed by atoms with Crippen LogP contribution >= 0.6 is 0 Å². The number of nitrogens with zero attached hydrogens (tertiary/aromatic N) is 1. The molecule has 0 fully saturated rings. The van der Waals surface area contributed by atoms with Crippen LogP contribution in [0.3, 0.4) is 0 Å². The van der Waals surface area contributed by atoms with Crippen LogP contribution in [0.25, 0.3) is 0 Å². The summed E-state index contributed by atoms with van der Waals surface area (Å²) in [6.45, 7) is 5.91. The van der Waals surface area contributed by atoms with Gasteiger partial charge in [0, 0.05) is 13.1 Å². The molecule has 2 aliphatic rings. The number of benzene rings is 1. The lowest BCUT2D eigenvalue weighted by Crippen LogP contribution is -2.52. The summed E-state index contributed by atoms with van der Waals surface area (Å²) in [5, 5.41) is 12.9. The second-order valence-electron chi connectivity index (χ2n) is 7.02. The van der Waals surface area contributed by atoms with Crippen LogP contribution in [-0.4, -0.2) is 29.7 Å². The minimum absolute atomic E-state index is 0.0500. The molecule has 2 N–H and O–H groups in total. The molecule has 0 aromatic heterocycles. The van der Waals surface area contributed by atoms with Crippen molar-refractivity contribution in [1.29, 1.82) is 0 Å². The second-order valence-corrected chi connectivity index (χ2v) is 7.02. The molecule has 0 saturated heterocycles. The number of fused-ring (bicyclic) bond motifs is 2. The van der Waals surface area contributed by atoms with Crippen molar-refractivity contribution in [3.63, 3.8) is 0 Å². The fraction of sp³-hybridized carbons (Fsp3) is 0.632. The van der Waals surface area contributed by atoms with E-state index in [4.69, 9.17) is 5.11 Å². The Balaban J connectivity index is 1.98. The van der Waals surface area contributed by atoms with Crippen molar-refractivity contribution in [1.82, 2.24) is 0 Å². The minimum Gasteiger partial charge on any atom is -0.481 e. The van der Waals surface area contributed by atoms with Gasteiger partial charge in [-0.3, -0.25) is 4.79 Å². The summed E-state index contributed by atoms with van der Waals surface area (Å²) >= 11 is 0. The van der Waals surface area contributed by atoms with Crippen LogP contribution in [0.2, 0.25) is 0 Å². The summed E-state index contributed by atoms with van der Waals surface area (Å²) in [6, 6.07) is 4.64. The van der Waals surface area contributed by atoms with Gasteiger partial charge in [0.2, 0.25) is 0 Å². The third kappa shape index (κ3) is 3.17. The van der Waals surface area contributed by atoms with E-state index in [-0.39, 0.29) is 12.0 Å². The zero-order valence-corrected chi connectivity index (χ0v) is 14.3. The van der Waals surface area contributed by atoms with E-state index in [9.17, 15) is 4.79 Å². The SMILES string of the molecule is CCC1(CC)CN(CCC(=O)O)c2cc3c(cc2N1)CCCC3. The normalized spacial score (nSPS) is 18.8. The number of rotatable bonds is 5. The van der Waals surface area contributed by atoms with Crippen LogP contribution in [0.5, 0.6) is 0 Å². The Bertz CT molecular complexity index is 593. The maximum absolute atomic E-state index is 11.0. The number of hydrogen-bond acceptors (Lipinski definition) is 3. The van der Waals surface area contributed by atoms with E-state index >= 15 is 0 Å². The second kappa shape index (κ2) is 6.42. The lowest BCUT2D eigenvalue weighted by molar-refractivity contribution is -0.136. The number of carboxylic acids is 1. The van der Waals surface area contributed by atoms with Gasteiger partial charge in [-0.2, -0.15) is 0 Å². The Labute approximate surface area is 138 Å². The summed E-state index contributed by atoms with van der Waals surface area (Å²) in [5.74, 6) is -0.721. The van der Waals surface area contributed by atoms with Crippen molar-refractivity contribution in [3.8, 4) is 0 Å². The molecule has 0 radical (unpaired) electrons. The minimum atomic E-state index is -0.721. The first-order valence-corrected chi connectivity index (χ1v) is 8.97. The van der Waals surface area contributed by atoms with Gasteiger partial charge < -0.3 is 15.3 Å². The standard InChI is InChI=1S/C19H28N2O2/c1-3-19(4-2)13-21(10-9-18(22)23)17-12-15-8-6-5-7-14(15)11-16(17)20-19/h11-12,20H,3-10,13H2,1-2H3,(H,22,23). The average molecular weight is 316 g/mol. The molecule has 1 aliphatic heterocycles. The van der Waals surface area contributed by atoms with Gasteiger partial charge in [-0.25, -0.2) is 0 Å². The Morgan fingerprint density at radius 1 is 1.22 bits per heavy atom. The van der Waals surface area contributed by atoms with Gasteiger partial charge in [-0.15, -0.1) is 0 Å². The van der Waals surface area contributed by atoms with E-state index in [1.54, 1.807) is 0 Å². The molecule has 4 nitrogen and oxygen atoms in total. The number of carboxylic acid groups (broad SMARTS) is 1. The van der Waals surface area contributed by atoms with E-state index in [0.717, 1.165) is 25.8 Å². The summed E-state index contributed by atoms with van der Waals surface area (Å²) < 4.78 is 0. The molecular formula is C19H28N2O2. The van der Waals surface area contributed by atoms with Crippen molar-refractivity contribution in [3.05, 3.63) is 23.3 Å². The van der Waals surface area contributed by atoms with Gasteiger partial charge in [-0.1, -0.05) is 13.8 Å². The lowest BCUT2D eigenvalue weighted by atomic mass is 9.85. The quantitative estimate of drug-likeness (QED) is 0.867. The highest BCUT2D eigenvalue weighted by Crippen LogP contribution is 2.40. The molecule has 0 amide bonds. The molecule has 1 aliphatic carbocycles. The predicted molar refractivity (Wildman–Crippen MR) is 94.5 cm³/mol. The van der Waals surface area contributed by atoms with E-state index < -0.39 is 5.97 Å². The molecule has 1 aromatic carbocycles. The van der Waals surface area contributed by atoms with Gasteiger partial charge in [0.05, 0.1) is 23.3 Å². The maximum Gasteiger partial charge on any atom is 0.305 e. The fourth-order valence-corrected chi connectivity index (χ4v) is 3.99. The number of aliphatic carboxylic acids is 1. The van der Waals surface area contributed by atoms with Crippen LogP contribution in [-0.2, 0) is 17.6 Å². The van der Waals surface area contributed by atoms with Crippen LogP contribution < -0.4 is 10.2 Å². The Morgan fingerprint density at radius 3 is 2.48 bits per heavy atom. The van der Waals surface area contributed by atoms with E-state index in [2.05, 4.69) is 36.2 Å². The van der Waals surface area contributed by atoms with Crippen molar-refractivity contribution in [2.75, 3.05) is 23.3 Å². The Kier molecular flexibility index (Phi) is 4.51. The fourth-order valence-electron chi connectivity index (χ4n) is 3.99. The average Bonchev–Trinajstić information content (AvgIpc) is 2.57. The first-order valence-electron chi connectivity index (χ1n) is 8.97. The molecule has 0 bridgehead atoms. The molecule has 4 heteroatoms. The summed E-state index contributed by atoms with van der Waals surface area (Å²) in [5.41, 5.74) is 5.38. The molecular weight excluding hydrogens is 288 g/mol. The number of nitrogens with one attached hydrogen (secondary N) is 1. The zero-order chi connectivity index (χ0) is 16.4. The molecule has 1 aromatic rings. The highest BCUT2D eigenvalue weighted by Gasteiger charge is 2.35. The topological polar surface area (TPSA) is 52.6 Å². The Hall–Kier alpha value is -1.71. The van der Waals surface area contributed by atoms with Crippen molar-refractivity contribution < 1.29 is 9.90 Å². The first-order chi connectivity index (χ1) is 11.1.